The first-order valence-corrected chi connectivity index (χ1v) is 4.39. The number of nitrogens with zero attached hydrogens (tertiary/aromatic N) is 1. The summed E-state index contributed by atoms with van der Waals surface area (Å²) in [7, 11) is 0. The fourth-order valence-electron chi connectivity index (χ4n) is 0.224. The summed E-state index contributed by atoms with van der Waals surface area (Å²) in [6, 6.07) is 0. The van der Waals surface area contributed by atoms with Crippen LogP contribution in [0.5, 0.6) is 0 Å². The molecule has 0 rings (SSSR count). The molecule has 0 bridgehead atoms. The van der Waals surface area contributed by atoms with E-state index in [2.05, 4.69) is 4.99 Å². The standard InChI is InChI=1S/C6H11N.2C2H6/c1-4-5-7-6(2)3;2*1-2/h4-5H,1-3H3;2*1-2H3/b5-4-;;. The number of allylic oxidation sites excluding steroid dienone is 1. The van der Waals surface area contributed by atoms with Crippen LogP contribution in [-0.2, 0) is 0 Å². The Kier molecular flexibility index (Phi) is 34.7. The molecule has 0 heterocycles. The van der Waals surface area contributed by atoms with Gasteiger partial charge >= 0.3 is 0 Å². The van der Waals surface area contributed by atoms with Crippen molar-refractivity contribution in [3.8, 4) is 0 Å². The van der Waals surface area contributed by atoms with Gasteiger partial charge in [-0.1, -0.05) is 33.8 Å². The summed E-state index contributed by atoms with van der Waals surface area (Å²) >= 11 is 0. The highest BCUT2D eigenvalue weighted by Crippen LogP contribution is 1.75. The highest BCUT2D eigenvalue weighted by atomic mass is 14.7. The fraction of sp³-hybridized carbons (Fsp3) is 0.700. The molecule has 0 aliphatic carbocycles. The Bertz CT molecular complexity index is 87.0. The third-order valence-electron chi connectivity index (χ3n) is 0.482. The first-order valence-electron chi connectivity index (χ1n) is 4.39. The van der Waals surface area contributed by atoms with E-state index in [1.807, 2.05) is 54.5 Å². The van der Waals surface area contributed by atoms with E-state index in [1.165, 1.54) is 0 Å². The first kappa shape index (κ1) is 16.8. The molecule has 0 N–H and O–H groups in total. The lowest BCUT2D eigenvalue weighted by atomic mass is 10.5. The van der Waals surface area contributed by atoms with Gasteiger partial charge in [0.25, 0.3) is 0 Å². The molecule has 0 saturated carbocycles. The van der Waals surface area contributed by atoms with Gasteiger partial charge < -0.3 is 0 Å². The minimum Gasteiger partial charge on any atom is -0.267 e. The zero-order valence-corrected chi connectivity index (χ0v) is 9.10. The van der Waals surface area contributed by atoms with Crippen LogP contribution >= 0.6 is 0 Å². The summed E-state index contributed by atoms with van der Waals surface area (Å²) in [5.41, 5.74) is 1.10. The van der Waals surface area contributed by atoms with Gasteiger partial charge in [0.2, 0.25) is 0 Å². The van der Waals surface area contributed by atoms with Crippen LogP contribution in [0.3, 0.4) is 0 Å². The maximum absolute atomic E-state index is 3.98. The van der Waals surface area contributed by atoms with Gasteiger partial charge in [0.05, 0.1) is 0 Å². The first-order chi connectivity index (χ1) is 5.27. The van der Waals surface area contributed by atoms with Crippen molar-refractivity contribution in [2.24, 2.45) is 4.99 Å². The van der Waals surface area contributed by atoms with Crippen LogP contribution in [0, 0.1) is 0 Å². The van der Waals surface area contributed by atoms with E-state index >= 15 is 0 Å². The zero-order valence-electron chi connectivity index (χ0n) is 9.10. The van der Waals surface area contributed by atoms with Gasteiger partial charge in [0, 0.05) is 11.9 Å². The van der Waals surface area contributed by atoms with E-state index in [1.54, 1.807) is 6.20 Å². The summed E-state index contributed by atoms with van der Waals surface area (Å²) in [6.07, 6.45) is 3.70. The van der Waals surface area contributed by atoms with Crippen molar-refractivity contribution >= 4 is 5.71 Å². The van der Waals surface area contributed by atoms with Crippen molar-refractivity contribution in [2.75, 3.05) is 0 Å². The molecule has 0 aliphatic heterocycles. The third-order valence-corrected chi connectivity index (χ3v) is 0.482. The Hall–Kier alpha value is -0.590. The van der Waals surface area contributed by atoms with Crippen LogP contribution in [0.15, 0.2) is 17.3 Å². The van der Waals surface area contributed by atoms with E-state index in [0.717, 1.165) is 5.71 Å². The van der Waals surface area contributed by atoms with Crippen LogP contribution in [0.4, 0.5) is 0 Å². The van der Waals surface area contributed by atoms with E-state index in [0.29, 0.717) is 0 Å². The highest BCUT2D eigenvalue weighted by molar-refractivity contribution is 5.79. The van der Waals surface area contributed by atoms with Crippen LogP contribution < -0.4 is 0 Å². The smallest absolute Gasteiger partial charge is 0.0224 e. The van der Waals surface area contributed by atoms with E-state index in [9.17, 15) is 0 Å². The summed E-state index contributed by atoms with van der Waals surface area (Å²) in [5.74, 6) is 0. The van der Waals surface area contributed by atoms with Crippen molar-refractivity contribution in [1.29, 1.82) is 0 Å². The van der Waals surface area contributed by atoms with Crippen LogP contribution in [0.1, 0.15) is 48.5 Å². The second kappa shape index (κ2) is 22.7. The number of hydrogen-bond acceptors (Lipinski definition) is 1. The van der Waals surface area contributed by atoms with E-state index in [4.69, 9.17) is 0 Å². The highest BCUT2D eigenvalue weighted by Gasteiger charge is 1.66. The number of hydrogen-bond donors (Lipinski definition) is 0. The predicted octanol–water partition coefficient (Wildman–Crippen LogP) is 4.05. The largest absolute Gasteiger partial charge is 0.267 e. The molecule has 0 unspecified atom stereocenters. The molecule has 0 aliphatic rings. The molecule has 0 amide bonds. The molecule has 0 aromatic heterocycles. The molecule has 0 saturated heterocycles. The maximum atomic E-state index is 3.98. The van der Waals surface area contributed by atoms with Gasteiger partial charge in [0.15, 0.2) is 0 Å². The molecule has 11 heavy (non-hydrogen) atoms. The normalized spacial score (nSPS) is 7.18. The lowest BCUT2D eigenvalue weighted by molar-refractivity contribution is 1.48. The SMILES string of the molecule is C/C=C\N=C(C)C.CC.CC. The molecule has 0 aromatic carbocycles. The minimum atomic E-state index is 1.10. The Morgan fingerprint density at radius 1 is 1.00 bits per heavy atom. The summed E-state index contributed by atoms with van der Waals surface area (Å²) in [6.45, 7) is 13.9. The molecular weight excluding hydrogens is 134 g/mol. The molecule has 0 fully saturated rings. The molecule has 0 aromatic rings. The fourth-order valence-corrected chi connectivity index (χ4v) is 0.224. The molecule has 1 heteroatoms. The van der Waals surface area contributed by atoms with Gasteiger partial charge in [-0.2, -0.15) is 0 Å². The quantitative estimate of drug-likeness (QED) is 0.509. The Morgan fingerprint density at radius 3 is 1.45 bits per heavy atom. The van der Waals surface area contributed by atoms with E-state index < -0.39 is 0 Å². The van der Waals surface area contributed by atoms with Crippen molar-refractivity contribution in [3.63, 3.8) is 0 Å². The lowest BCUT2D eigenvalue weighted by Crippen LogP contribution is -1.74. The van der Waals surface area contributed by atoms with E-state index in [-0.39, 0.29) is 0 Å². The Morgan fingerprint density at radius 2 is 1.36 bits per heavy atom. The van der Waals surface area contributed by atoms with Crippen molar-refractivity contribution in [1.82, 2.24) is 0 Å². The van der Waals surface area contributed by atoms with Gasteiger partial charge in [0.1, 0.15) is 0 Å². The van der Waals surface area contributed by atoms with Crippen molar-refractivity contribution in [2.45, 2.75) is 48.5 Å². The topological polar surface area (TPSA) is 12.4 Å². The van der Waals surface area contributed by atoms with Crippen LogP contribution in [0.2, 0.25) is 0 Å². The van der Waals surface area contributed by atoms with Gasteiger partial charge in [-0.05, 0) is 20.8 Å². The van der Waals surface area contributed by atoms with Gasteiger partial charge in [-0.25, -0.2) is 0 Å². The molecular formula is C10H23N. The Labute approximate surface area is 72.2 Å². The van der Waals surface area contributed by atoms with Crippen molar-refractivity contribution < 1.29 is 0 Å². The van der Waals surface area contributed by atoms with Crippen LogP contribution in [0.25, 0.3) is 0 Å². The Balaban J connectivity index is -0.000000138. The summed E-state index contributed by atoms with van der Waals surface area (Å²) in [5, 5.41) is 0. The van der Waals surface area contributed by atoms with Gasteiger partial charge in [-0.3, -0.25) is 4.99 Å². The second-order valence-electron chi connectivity index (χ2n) is 1.56. The van der Waals surface area contributed by atoms with Gasteiger partial charge in [-0.15, -0.1) is 0 Å². The zero-order chi connectivity index (χ0) is 9.70. The molecule has 0 atom stereocenters. The minimum absolute atomic E-state index is 1.10. The number of rotatable bonds is 1. The average Bonchev–Trinajstić information content (AvgIpc) is 2.08. The summed E-state index contributed by atoms with van der Waals surface area (Å²) in [4.78, 5) is 3.98. The number of aliphatic imine (C=N–C) groups is 1. The second-order valence-corrected chi connectivity index (χ2v) is 1.56. The van der Waals surface area contributed by atoms with Crippen molar-refractivity contribution in [3.05, 3.63) is 12.3 Å². The monoisotopic (exact) mass is 157 g/mol. The summed E-state index contributed by atoms with van der Waals surface area (Å²) < 4.78 is 0. The molecule has 68 valence electrons. The predicted molar refractivity (Wildman–Crippen MR) is 56.3 cm³/mol. The third kappa shape index (κ3) is 44.4. The molecule has 1 nitrogen and oxygen atoms in total. The molecule has 0 radical (unpaired) electrons. The molecule has 0 spiro atoms. The maximum Gasteiger partial charge on any atom is 0.0224 e. The average molecular weight is 157 g/mol. The van der Waals surface area contributed by atoms with Crippen LogP contribution in [-0.4, -0.2) is 5.71 Å². The lowest BCUT2D eigenvalue weighted by Gasteiger charge is -1.78.